The highest BCUT2D eigenvalue weighted by Crippen LogP contribution is 2.62. The van der Waals surface area contributed by atoms with Crippen LogP contribution in [0, 0.1) is 22.7 Å². The fraction of sp³-hybridized carbons (Fsp3) is 0.692. The van der Waals surface area contributed by atoms with E-state index in [9.17, 15) is 9.59 Å². The SMILES string of the molecule is O=C1NN=C2[C@@H]3CC[C@@H]4C[C@]12C[C@]1(C3)C(=O)NN=C41. The summed E-state index contributed by atoms with van der Waals surface area (Å²) in [6.07, 6.45) is 4.18. The van der Waals surface area contributed by atoms with E-state index in [-0.39, 0.29) is 23.7 Å². The molecule has 2 heterocycles. The van der Waals surface area contributed by atoms with Gasteiger partial charge in [-0.15, -0.1) is 0 Å². The van der Waals surface area contributed by atoms with Gasteiger partial charge in [0.15, 0.2) is 0 Å². The zero-order valence-electron chi connectivity index (χ0n) is 10.4. The predicted octanol–water partition coefficient (Wildman–Crippen LogP) is 0.154. The lowest BCUT2D eigenvalue weighted by Crippen LogP contribution is -2.59. The van der Waals surface area contributed by atoms with E-state index in [2.05, 4.69) is 21.1 Å². The van der Waals surface area contributed by atoms with Crippen LogP contribution in [0.15, 0.2) is 10.2 Å². The van der Waals surface area contributed by atoms with Gasteiger partial charge in [-0.25, -0.2) is 10.9 Å². The number of nitrogens with one attached hydrogen (secondary N) is 2. The van der Waals surface area contributed by atoms with Crippen molar-refractivity contribution in [2.75, 3.05) is 0 Å². The Balaban J connectivity index is 1.79. The van der Waals surface area contributed by atoms with Gasteiger partial charge in [-0.2, -0.15) is 10.2 Å². The van der Waals surface area contributed by atoms with E-state index in [4.69, 9.17) is 0 Å². The van der Waals surface area contributed by atoms with E-state index in [0.717, 1.165) is 37.1 Å². The maximum Gasteiger partial charge on any atom is 0.252 e. The van der Waals surface area contributed by atoms with Crippen molar-refractivity contribution in [3.8, 4) is 0 Å². The summed E-state index contributed by atoms with van der Waals surface area (Å²) >= 11 is 0. The molecular formula is C13H14N4O2. The average molecular weight is 258 g/mol. The molecule has 2 N–H and O–H groups in total. The Morgan fingerprint density at radius 2 is 1.37 bits per heavy atom. The van der Waals surface area contributed by atoms with Crippen molar-refractivity contribution in [3.05, 3.63) is 0 Å². The summed E-state index contributed by atoms with van der Waals surface area (Å²) in [7, 11) is 0. The largest absolute Gasteiger partial charge is 0.272 e. The van der Waals surface area contributed by atoms with Crippen LogP contribution in [0.2, 0.25) is 0 Å². The molecule has 19 heavy (non-hydrogen) atoms. The second-order valence-electron chi connectivity index (χ2n) is 6.60. The topological polar surface area (TPSA) is 82.9 Å². The Kier molecular flexibility index (Phi) is 1.46. The van der Waals surface area contributed by atoms with Crippen LogP contribution < -0.4 is 10.9 Å². The molecule has 0 aromatic rings. The Bertz CT molecular complexity index is 558. The number of nitrogens with zero attached hydrogens (tertiary/aromatic N) is 2. The smallest absolute Gasteiger partial charge is 0.252 e. The monoisotopic (exact) mass is 258 g/mol. The molecule has 6 nitrogen and oxygen atoms in total. The van der Waals surface area contributed by atoms with Gasteiger partial charge in [-0.1, -0.05) is 0 Å². The maximum atomic E-state index is 12.4. The molecular weight excluding hydrogens is 244 g/mol. The van der Waals surface area contributed by atoms with Gasteiger partial charge in [-0.05, 0) is 32.1 Å². The molecule has 2 spiro atoms. The Labute approximate surface area is 109 Å². The lowest BCUT2D eigenvalue weighted by molar-refractivity contribution is -0.134. The minimum Gasteiger partial charge on any atom is -0.272 e. The highest BCUT2D eigenvalue weighted by Gasteiger charge is 2.69. The van der Waals surface area contributed by atoms with E-state index in [1.54, 1.807) is 0 Å². The van der Waals surface area contributed by atoms with Crippen LogP contribution in [0.3, 0.4) is 0 Å². The minimum atomic E-state index is -0.523. The molecule has 0 unspecified atom stereocenters. The second-order valence-corrected chi connectivity index (χ2v) is 6.60. The molecule has 6 heteroatoms. The van der Waals surface area contributed by atoms with E-state index in [1.165, 1.54) is 0 Å². The van der Waals surface area contributed by atoms with Gasteiger partial charge < -0.3 is 0 Å². The van der Waals surface area contributed by atoms with Crippen LogP contribution in [0.1, 0.15) is 32.1 Å². The molecule has 98 valence electrons. The second kappa shape index (κ2) is 2.73. The molecule has 4 bridgehead atoms. The molecule has 4 fully saturated rings. The summed E-state index contributed by atoms with van der Waals surface area (Å²) in [4.78, 5) is 24.7. The van der Waals surface area contributed by atoms with Crippen LogP contribution in [0.5, 0.6) is 0 Å². The molecule has 0 aromatic carbocycles. The lowest BCUT2D eigenvalue weighted by atomic mass is 9.50. The van der Waals surface area contributed by atoms with Crippen LogP contribution in [-0.2, 0) is 9.59 Å². The molecule has 4 atom stereocenters. The highest BCUT2D eigenvalue weighted by molar-refractivity contribution is 6.22. The molecule has 6 rings (SSSR count). The normalized spacial score (nSPS) is 49.1. The third kappa shape index (κ3) is 0.884. The first-order chi connectivity index (χ1) is 9.16. The van der Waals surface area contributed by atoms with Gasteiger partial charge >= 0.3 is 0 Å². The van der Waals surface area contributed by atoms with E-state index < -0.39 is 10.8 Å². The van der Waals surface area contributed by atoms with Gasteiger partial charge in [0.2, 0.25) is 0 Å². The number of rotatable bonds is 0. The Morgan fingerprint density at radius 1 is 0.895 bits per heavy atom. The van der Waals surface area contributed by atoms with Crippen molar-refractivity contribution in [2.24, 2.45) is 32.9 Å². The Morgan fingerprint density at radius 3 is 1.84 bits per heavy atom. The van der Waals surface area contributed by atoms with Crippen LogP contribution in [0.4, 0.5) is 0 Å². The van der Waals surface area contributed by atoms with Crippen LogP contribution >= 0.6 is 0 Å². The van der Waals surface area contributed by atoms with Crippen molar-refractivity contribution < 1.29 is 9.59 Å². The maximum absolute atomic E-state index is 12.4. The standard InChI is InChI=1S/C13H14N4O2/c18-10-12-3-6-1-2-7(9(12)15-17-10)4-13(5-12)8(6)14-16-11(13)19/h6-7H,1-5H2,(H,16,19)(H,17,18)/t6-,7-,12-,13+/m1/s1. The van der Waals surface area contributed by atoms with E-state index in [0.29, 0.717) is 6.42 Å². The third-order valence-electron chi connectivity index (χ3n) is 5.84. The molecule has 0 aromatic heterocycles. The van der Waals surface area contributed by atoms with Gasteiger partial charge in [0.25, 0.3) is 11.8 Å². The fourth-order valence-electron chi connectivity index (χ4n) is 5.16. The van der Waals surface area contributed by atoms with E-state index >= 15 is 0 Å². The first kappa shape index (κ1) is 10.1. The van der Waals surface area contributed by atoms with E-state index in [1.807, 2.05) is 0 Å². The van der Waals surface area contributed by atoms with Crippen molar-refractivity contribution in [2.45, 2.75) is 32.1 Å². The fourth-order valence-corrected chi connectivity index (χ4v) is 5.16. The number of carbonyl (C=O) groups excluding carboxylic acids is 2. The van der Waals surface area contributed by atoms with Crippen LogP contribution in [0.25, 0.3) is 0 Å². The van der Waals surface area contributed by atoms with Crippen molar-refractivity contribution >= 4 is 23.2 Å². The average Bonchev–Trinajstić information content (AvgIpc) is 2.80. The first-order valence-electron chi connectivity index (χ1n) is 6.93. The quantitative estimate of drug-likeness (QED) is 0.648. The third-order valence-corrected chi connectivity index (χ3v) is 5.84. The molecule has 4 saturated carbocycles. The summed E-state index contributed by atoms with van der Waals surface area (Å²) in [6.45, 7) is 0. The number of amides is 2. The molecule has 2 amide bonds. The summed E-state index contributed by atoms with van der Waals surface area (Å²) in [5, 5.41) is 8.62. The lowest BCUT2D eigenvalue weighted by Gasteiger charge is -2.49. The number of hydrazone groups is 2. The predicted molar refractivity (Wildman–Crippen MR) is 66.1 cm³/mol. The van der Waals surface area contributed by atoms with Gasteiger partial charge in [0, 0.05) is 11.8 Å². The number of hydrogen-bond acceptors (Lipinski definition) is 4. The minimum absolute atomic E-state index is 0.00257. The molecule has 0 radical (unpaired) electrons. The van der Waals surface area contributed by atoms with Crippen molar-refractivity contribution in [3.63, 3.8) is 0 Å². The summed E-state index contributed by atoms with van der Waals surface area (Å²) in [6, 6.07) is 0. The summed E-state index contributed by atoms with van der Waals surface area (Å²) < 4.78 is 0. The highest BCUT2D eigenvalue weighted by atomic mass is 16.2. The summed E-state index contributed by atoms with van der Waals surface area (Å²) in [5.74, 6) is 0.512. The first-order valence-corrected chi connectivity index (χ1v) is 6.93. The Hall–Kier alpha value is -1.72. The number of carbonyl (C=O) groups is 2. The zero-order valence-corrected chi connectivity index (χ0v) is 10.4. The zero-order chi connectivity index (χ0) is 12.8. The molecule has 6 aliphatic rings. The molecule has 2 aliphatic heterocycles. The summed E-state index contributed by atoms with van der Waals surface area (Å²) in [5.41, 5.74) is 6.31. The number of fused-ring (bicyclic) bond motifs is 1. The van der Waals surface area contributed by atoms with Gasteiger partial charge in [0.05, 0.1) is 22.3 Å². The van der Waals surface area contributed by atoms with Crippen LogP contribution in [-0.4, -0.2) is 23.2 Å². The number of hydrogen-bond donors (Lipinski definition) is 2. The van der Waals surface area contributed by atoms with Crippen molar-refractivity contribution in [1.29, 1.82) is 0 Å². The van der Waals surface area contributed by atoms with Gasteiger partial charge in [0.1, 0.15) is 0 Å². The molecule has 0 saturated heterocycles. The van der Waals surface area contributed by atoms with Gasteiger partial charge in [-0.3, -0.25) is 9.59 Å². The molecule has 4 aliphatic carbocycles. The van der Waals surface area contributed by atoms with Crippen molar-refractivity contribution in [1.82, 2.24) is 10.9 Å².